The fourth-order valence-corrected chi connectivity index (χ4v) is 2.89. The van der Waals surface area contributed by atoms with Crippen LogP contribution in [0.1, 0.15) is 42.6 Å². The Morgan fingerprint density at radius 1 is 1.22 bits per heavy atom. The molecule has 18 heavy (non-hydrogen) atoms. The molecule has 0 aromatic heterocycles. The molecule has 2 rings (SSSR count). The van der Waals surface area contributed by atoms with E-state index in [-0.39, 0.29) is 5.78 Å². The average Bonchev–Trinajstić information content (AvgIpc) is 2.35. The second kappa shape index (κ2) is 5.74. The Balaban J connectivity index is 2.60. The molecule has 4 heteroatoms. The van der Waals surface area contributed by atoms with Crippen molar-refractivity contribution in [2.45, 2.75) is 33.1 Å². The van der Waals surface area contributed by atoms with Gasteiger partial charge in [0.2, 0.25) is 0 Å². The maximum Gasteiger partial charge on any atom is 0.172 e. The summed E-state index contributed by atoms with van der Waals surface area (Å²) in [4.78, 5) is 12.1. The molecule has 0 atom stereocenters. The number of hydrogen-bond acceptors (Lipinski definition) is 3. The van der Waals surface area contributed by atoms with Gasteiger partial charge in [0.05, 0.1) is 18.8 Å². The summed E-state index contributed by atoms with van der Waals surface area (Å²) < 4.78 is 12.2. The molecule has 3 nitrogen and oxygen atoms in total. The number of fused-ring (bicyclic) bond motifs is 1. The van der Waals surface area contributed by atoms with Crippen molar-refractivity contribution < 1.29 is 14.3 Å². The van der Waals surface area contributed by atoms with Crippen LogP contribution in [0.25, 0.3) is 0 Å². The maximum absolute atomic E-state index is 12.1. The van der Waals surface area contributed by atoms with E-state index in [2.05, 4.69) is 15.9 Å². The van der Waals surface area contributed by atoms with Crippen LogP contribution in [0.4, 0.5) is 0 Å². The Labute approximate surface area is 116 Å². The van der Waals surface area contributed by atoms with Crippen LogP contribution in [0.2, 0.25) is 0 Å². The summed E-state index contributed by atoms with van der Waals surface area (Å²) in [6.45, 7) is 4.92. The minimum atomic E-state index is 0.155. The number of halogens is 1. The van der Waals surface area contributed by atoms with Crippen LogP contribution in [-0.4, -0.2) is 19.0 Å². The Morgan fingerprint density at radius 2 is 1.94 bits per heavy atom. The molecule has 0 bridgehead atoms. The molecule has 0 spiro atoms. The SMILES string of the molecule is CCOc1cc(Br)c2c(c1OCC)C(=O)CCC2. The average molecular weight is 313 g/mol. The number of rotatable bonds is 4. The molecule has 0 saturated carbocycles. The monoisotopic (exact) mass is 312 g/mol. The smallest absolute Gasteiger partial charge is 0.172 e. The standard InChI is InChI=1S/C14H17BrO3/c1-3-17-12-8-10(15)9-6-5-7-11(16)13(9)14(12)18-4-2/h8H,3-7H2,1-2H3. The van der Waals surface area contributed by atoms with Crippen molar-refractivity contribution in [1.29, 1.82) is 0 Å². The second-order valence-corrected chi connectivity index (χ2v) is 5.04. The van der Waals surface area contributed by atoms with Gasteiger partial charge >= 0.3 is 0 Å². The number of ketones is 1. The molecule has 98 valence electrons. The minimum absolute atomic E-state index is 0.155. The fraction of sp³-hybridized carbons (Fsp3) is 0.500. The van der Waals surface area contributed by atoms with Gasteiger partial charge in [-0.25, -0.2) is 0 Å². The van der Waals surface area contributed by atoms with Gasteiger partial charge in [0, 0.05) is 10.9 Å². The van der Waals surface area contributed by atoms with Crippen molar-refractivity contribution >= 4 is 21.7 Å². The lowest BCUT2D eigenvalue weighted by Gasteiger charge is -2.22. The Morgan fingerprint density at radius 3 is 2.61 bits per heavy atom. The van der Waals surface area contributed by atoms with E-state index in [1.54, 1.807) is 0 Å². The third kappa shape index (κ3) is 2.39. The molecular weight excluding hydrogens is 296 g/mol. The van der Waals surface area contributed by atoms with Gasteiger partial charge < -0.3 is 9.47 Å². The zero-order chi connectivity index (χ0) is 13.1. The van der Waals surface area contributed by atoms with E-state index in [1.165, 1.54) is 0 Å². The summed E-state index contributed by atoms with van der Waals surface area (Å²) in [5.41, 5.74) is 1.76. The van der Waals surface area contributed by atoms with E-state index in [0.29, 0.717) is 36.7 Å². The van der Waals surface area contributed by atoms with Crippen molar-refractivity contribution in [3.63, 3.8) is 0 Å². The second-order valence-electron chi connectivity index (χ2n) is 4.18. The van der Waals surface area contributed by atoms with Gasteiger partial charge in [-0.15, -0.1) is 0 Å². The van der Waals surface area contributed by atoms with Crippen LogP contribution in [0, 0.1) is 0 Å². The number of benzene rings is 1. The number of carbonyl (C=O) groups is 1. The van der Waals surface area contributed by atoms with Crippen molar-refractivity contribution in [1.82, 2.24) is 0 Å². The van der Waals surface area contributed by atoms with Crippen molar-refractivity contribution in [2.24, 2.45) is 0 Å². The first-order chi connectivity index (χ1) is 8.69. The molecular formula is C14H17BrO3. The summed E-state index contributed by atoms with van der Waals surface area (Å²) in [7, 11) is 0. The predicted molar refractivity (Wildman–Crippen MR) is 73.7 cm³/mol. The molecule has 0 amide bonds. The lowest BCUT2D eigenvalue weighted by atomic mass is 9.89. The largest absolute Gasteiger partial charge is 0.490 e. The summed E-state index contributed by atoms with van der Waals surface area (Å²) >= 11 is 3.53. The summed E-state index contributed by atoms with van der Waals surface area (Å²) in [6, 6.07) is 1.91. The third-order valence-electron chi connectivity index (χ3n) is 3.00. The predicted octanol–water partition coefficient (Wildman–Crippen LogP) is 3.77. The third-order valence-corrected chi connectivity index (χ3v) is 3.70. The number of carbonyl (C=O) groups excluding carboxylic acids is 1. The molecule has 0 N–H and O–H groups in total. The summed E-state index contributed by atoms with van der Waals surface area (Å²) in [6.07, 6.45) is 2.41. The Bertz CT molecular complexity index is 469. The van der Waals surface area contributed by atoms with E-state index >= 15 is 0 Å². The normalized spacial score (nSPS) is 14.3. The molecule has 0 radical (unpaired) electrons. The lowest BCUT2D eigenvalue weighted by Crippen LogP contribution is -2.15. The van der Waals surface area contributed by atoms with Crippen LogP contribution in [0.15, 0.2) is 10.5 Å². The van der Waals surface area contributed by atoms with Gasteiger partial charge in [-0.05, 0) is 38.3 Å². The summed E-state index contributed by atoms with van der Waals surface area (Å²) in [5, 5.41) is 0. The molecule has 1 aliphatic rings. The van der Waals surface area contributed by atoms with E-state index in [1.807, 2.05) is 19.9 Å². The van der Waals surface area contributed by atoms with Crippen LogP contribution < -0.4 is 9.47 Å². The van der Waals surface area contributed by atoms with Crippen LogP contribution in [0.5, 0.6) is 11.5 Å². The van der Waals surface area contributed by atoms with Crippen LogP contribution >= 0.6 is 15.9 Å². The van der Waals surface area contributed by atoms with Gasteiger partial charge in [-0.3, -0.25) is 4.79 Å². The highest BCUT2D eigenvalue weighted by Crippen LogP contribution is 2.42. The first-order valence-electron chi connectivity index (χ1n) is 6.33. The zero-order valence-electron chi connectivity index (χ0n) is 10.7. The first-order valence-corrected chi connectivity index (χ1v) is 7.12. The van der Waals surface area contributed by atoms with E-state index in [4.69, 9.17) is 9.47 Å². The molecule has 0 saturated heterocycles. The molecule has 1 aromatic rings. The Kier molecular flexibility index (Phi) is 4.27. The minimum Gasteiger partial charge on any atom is -0.490 e. The van der Waals surface area contributed by atoms with Crippen LogP contribution in [-0.2, 0) is 6.42 Å². The first kappa shape index (κ1) is 13.4. The Hall–Kier alpha value is -1.03. The number of ether oxygens (including phenoxy) is 2. The number of hydrogen-bond donors (Lipinski definition) is 0. The van der Waals surface area contributed by atoms with Gasteiger partial charge in [-0.1, -0.05) is 15.9 Å². The van der Waals surface area contributed by atoms with Gasteiger partial charge in [0.15, 0.2) is 17.3 Å². The summed E-state index contributed by atoms with van der Waals surface area (Å²) in [5.74, 6) is 1.42. The van der Waals surface area contributed by atoms with E-state index < -0.39 is 0 Å². The molecule has 0 fully saturated rings. The molecule has 1 aliphatic carbocycles. The van der Waals surface area contributed by atoms with Gasteiger partial charge in [0.25, 0.3) is 0 Å². The van der Waals surface area contributed by atoms with Gasteiger partial charge in [-0.2, -0.15) is 0 Å². The van der Waals surface area contributed by atoms with E-state index in [9.17, 15) is 4.79 Å². The van der Waals surface area contributed by atoms with E-state index in [0.717, 1.165) is 22.9 Å². The number of Topliss-reactive ketones (excluding diaryl/α,β-unsaturated/α-hetero) is 1. The highest BCUT2D eigenvalue weighted by atomic mass is 79.9. The lowest BCUT2D eigenvalue weighted by molar-refractivity contribution is 0.0967. The van der Waals surface area contributed by atoms with Crippen molar-refractivity contribution in [3.8, 4) is 11.5 Å². The van der Waals surface area contributed by atoms with Crippen molar-refractivity contribution in [3.05, 3.63) is 21.7 Å². The maximum atomic E-state index is 12.1. The molecule has 0 aliphatic heterocycles. The quantitative estimate of drug-likeness (QED) is 0.849. The molecule has 1 aromatic carbocycles. The highest BCUT2D eigenvalue weighted by molar-refractivity contribution is 9.10. The zero-order valence-corrected chi connectivity index (χ0v) is 12.3. The van der Waals surface area contributed by atoms with Crippen molar-refractivity contribution in [2.75, 3.05) is 13.2 Å². The fourth-order valence-electron chi connectivity index (χ4n) is 2.29. The highest BCUT2D eigenvalue weighted by Gasteiger charge is 2.27. The van der Waals surface area contributed by atoms with Crippen LogP contribution in [0.3, 0.4) is 0 Å². The topological polar surface area (TPSA) is 35.5 Å². The molecule has 0 heterocycles. The van der Waals surface area contributed by atoms with Gasteiger partial charge in [0.1, 0.15) is 0 Å². The molecule has 0 unspecified atom stereocenters.